The second-order valence-corrected chi connectivity index (χ2v) is 4.97. The van der Waals surface area contributed by atoms with Gasteiger partial charge in [0.2, 0.25) is 0 Å². The first-order valence-corrected chi connectivity index (χ1v) is 7.08. The molecule has 1 atom stereocenters. The van der Waals surface area contributed by atoms with E-state index in [0.29, 0.717) is 6.54 Å². The van der Waals surface area contributed by atoms with Gasteiger partial charge < -0.3 is 5.32 Å². The number of nitrogens with zero attached hydrogens (tertiary/aromatic N) is 3. The van der Waals surface area contributed by atoms with E-state index in [-0.39, 0.29) is 6.04 Å². The zero-order valence-electron chi connectivity index (χ0n) is 12.0. The summed E-state index contributed by atoms with van der Waals surface area (Å²) in [6.45, 7) is 2.85. The van der Waals surface area contributed by atoms with Crippen LogP contribution in [-0.2, 0) is 6.54 Å². The maximum atomic E-state index is 4.49. The van der Waals surface area contributed by atoms with Crippen LogP contribution in [0.4, 0.5) is 0 Å². The average molecular weight is 278 g/mol. The first-order valence-electron chi connectivity index (χ1n) is 7.08. The van der Waals surface area contributed by atoms with Gasteiger partial charge in [0.25, 0.3) is 0 Å². The molecule has 0 bridgehead atoms. The van der Waals surface area contributed by atoms with E-state index in [1.165, 1.54) is 5.56 Å². The van der Waals surface area contributed by atoms with Gasteiger partial charge in [0.1, 0.15) is 0 Å². The topological polar surface area (TPSA) is 42.7 Å². The second-order valence-electron chi connectivity index (χ2n) is 4.97. The van der Waals surface area contributed by atoms with Gasteiger partial charge in [-0.05, 0) is 24.6 Å². The Morgan fingerprint density at radius 3 is 2.38 bits per heavy atom. The molecule has 0 saturated heterocycles. The second kappa shape index (κ2) is 6.33. The first kappa shape index (κ1) is 13.5. The molecule has 21 heavy (non-hydrogen) atoms. The van der Waals surface area contributed by atoms with Crippen molar-refractivity contribution in [2.75, 3.05) is 0 Å². The number of nitrogens with one attached hydrogen (secondary N) is 1. The van der Waals surface area contributed by atoms with Crippen LogP contribution in [0.25, 0.3) is 5.69 Å². The molecule has 0 unspecified atom stereocenters. The summed E-state index contributed by atoms with van der Waals surface area (Å²) in [7, 11) is 0. The minimum absolute atomic E-state index is 0.285. The summed E-state index contributed by atoms with van der Waals surface area (Å²) in [5.41, 5.74) is 3.18. The zero-order chi connectivity index (χ0) is 14.5. The molecule has 106 valence electrons. The molecule has 2 aromatic carbocycles. The Morgan fingerprint density at radius 1 is 1.00 bits per heavy atom. The Kier molecular flexibility index (Phi) is 4.07. The van der Waals surface area contributed by atoms with Crippen LogP contribution in [-0.4, -0.2) is 15.0 Å². The van der Waals surface area contributed by atoms with Crippen molar-refractivity contribution >= 4 is 0 Å². The maximum absolute atomic E-state index is 4.49. The summed E-state index contributed by atoms with van der Waals surface area (Å²) in [6.07, 6.45) is 1.80. The molecule has 1 heterocycles. The van der Waals surface area contributed by atoms with Crippen LogP contribution in [0.15, 0.2) is 66.9 Å². The van der Waals surface area contributed by atoms with Crippen molar-refractivity contribution < 1.29 is 0 Å². The van der Waals surface area contributed by atoms with Gasteiger partial charge in [-0.2, -0.15) is 15.0 Å². The van der Waals surface area contributed by atoms with E-state index in [4.69, 9.17) is 0 Å². The molecular formula is C17H18N4. The summed E-state index contributed by atoms with van der Waals surface area (Å²) in [5.74, 6) is 0. The SMILES string of the molecule is C[C@H](NCc1cnn(-c2ccccc2)n1)c1ccccc1. The Morgan fingerprint density at radius 2 is 1.67 bits per heavy atom. The van der Waals surface area contributed by atoms with Crippen molar-refractivity contribution in [3.05, 3.63) is 78.1 Å². The third-order valence-corrected chi connectivity index (χ3v) is 3.42. The van der Waals surface area contributed by atoms with E-state index < -0.39 is 0 Å². The van der Waals surface area contributed by atoms with Crippen molar-refractivity contribution in [3.8, 4) is 5.69 Å². The fourth-order valence-corrected chi connectivity index (χ4v) is 2.18. The van der Waals surface area contributed by atoms with Crippen LogP contribution < -0.4 is 5.32 Å². The van der Waals surface area contributed by atoms with E-state index in [2.05, 4.69) is 46.7 Å². The highest BCUT2D eigenvalue weighted by Gasteiger charge is 2.06. The third-order valence-electron chi connectivity index (χ3n) is 3.42. The Labute approximate surface area is 124 Å². The molecular weight excluding hydrogens is 260 g/mol. The smallest absolute Gasteiger partial charge is 0.0969 e. The fraction of sp³-hybridized carbons (Fsp3) is 0.176. The van der Waals surface area contributed by atoms with Crippen LogP contribution >= 0.6 is 0 Å². The van der Waals surface area contributed by atoms with E-state index in [9.17, 15) is 0 Å². The lowest BCUT2D eigenvalue weighted by atomic mass is 10.1. The van der Waals surface area contributed by atoms with E-state index >= 15 is 0 Å². The van der Waals surface area contributed by atoms with E-state index in [1.54, 1.807) is 11.0 Å². The van der Waals surface area contributed by atoms with Crippen molar-refractivity contribution in [2.24, 2.45) is 0 Å². The number of benzene rings is 2. The molecule has 3 rings (SSSR count). The lowest BCUT2D eigenvalue weighted by Gasteiger charge is -2.12. The van der Waals surface area contributed by atoms with Crippen molar-refractivity contribution in [3.63, 3.8) is 0 Å². The number of rotatable bonds is 5. The molecule has 0 fully saturated rings. The monoisotopic (exact) mass is 278 g/mol. The maximum Gasteiger partial charge on any atom is 0.0969 e. The van der Waals surface area contributed by atoms with Gasteiger partial charge in [-0.1, -0.05) is 48.5 Å². The summed E-state index contributed by atoms with van der Waals surface area (Å²) in [4.78, 5) is 1.66. The minimum Gasteiger partial charge on any atom is -0.304 e. The Balaban J connectivity index is 1.63. The molecule has 0 amide bonds. The highest BCUT2D eigenvalue weighted by Crippen LogP contribution is 2.12. The Bertz CT molecular complexity index is 676. The molecule has 4 heteroatoms. The zero-order valence-corrected chi connectivity index (χ0v) is 12.0. The first-order chi connectivity index (χ1) is 10.3. The van der Waals surface area contributed by atoms with Crippen LogP contribution in [0.1, 0.15) is 24.2 Å². The predicted octanol–water partition coefficient (Wildman–Crippen LogP) is 3.12. The molecule has 4 nitrogen and oxygen atoms in total. The molecule has 0 aliphatic heterocycles. The third kappa shape index (κ3) is 3.35. The number of para-hydroxylation sites is 1. The summed E-state index contributed by atoms with van der Waals surface area (Å²) < 4.78 is 0. The van der Waals surface area contributed by atoms with Crippen LogP contribution in [0, 0.1) is 0 Å². The van der Waals surface area contributed by atoms with Crippen LogP contribution in [0.2, 0.25) is 0 Å². The van der Waals surface area contributed by atoms with Gasteiger partial charge in [0, 0.05) is 12.6 Å². The number of hydrogen-bond donors (Lipinski definition) is 1. The molecule has 3 aromatic rings. The molecule has 1 aromatic heterocycles. The normalized spacial score (nSPS) is 12.2. The fourth-order valence-electron chi connectivity index (χ4n) is 2.18. The largest absolute Gasteiger partial charge is 0.304 e. The quantitative estimate of drug-likeness (QED) is 0.779. The molecule has 0 saturated carbocycles. The molecule has 0 spiro atoms. The van der Waals surface area contributed by atoms with E-state index in [0.717, 1.165) is 11.4 Å². The van der Waals surface area contributed by atoms with Gasteiger partial charge in [0.05, 0.1) is 17.6 Å². The molecule has 1 N–H and O–H groups in total. The number of aromatic nitrogens is 3. The van der Waals surface area contributed by atoms with Gasteiger partial charge in [0.15, 0.2) is 0 Å². The van der Waals surface area contributed by atoms with Crippen molar-refractivity contribution in [2.45, 2.75) is 19.5 Å². The minimum atomic E-state index is 0.285. The van der Waals surface area contributed by atoms with Gasteiger partial charge in [-0.25, -0.2) is 0 Å². The summed E-state index contributed by atoms with van der Waals surface area (Å²) in [6, 6.07) is 20.6. The predicted molar refractivity (Wildman–Crippen MR) is 83.1 cm³/mol. The van der Waals surface area contributed by atoms with Crippen LogP contribution in [0.3, 0.4) is 0 Å². The summed E-state index contributed by atoms with van der Waals surface area (Å²) in [5, 5.41) is 12.3. The van der Waals surface area contributed by atoms with Gasteiger partial charge in [-0.15, -0.1) is 0 Å². The van der Waals surface area contributed by atoms with Gasteiger partial charge >= 0.3 is 0 Å². The van der Waals surface area contributed by atoms with Crippen molar-refractivity contribution in [1.82, 2.24) is 20.3 Å². The standard InChI is InChI=1S/C17H18N4/c1-14(15-8-4-2-5-9-15)18-12-16-13-19-21(20-16)17-10-6-3-7-11-17/h2-11,13-14,18H,12H2,1H3/t14-/m0/s1. The molecule has 0 aliphatic carbocycles. The highest BCUT2D eigenvalue weighted by molar-refractivity contribution is 5.28. The highest BCUT2D eigenvalue weighted by atomic mass is 15.5. The number of hydrogen-bond acceptors (Lipinski definition) is 3. The molecule has 0 aliphatic rings. The van der Waals surface area contributed by atoms with Gasteiger partial charge in [-0.3, -0.25) is 0 Å². The Hall–Kier alpha value is -2.46. The van der Waals surface area contributed by atoms with E-state index in [1.807, 2.05) is 36.4 Å². The lowest BCUT2D eigenvalue weighted by molar-refractivity contribution is 0.564. The summed E-state index contributed by atoms with van der Waals surface area (Å²) >= 11 is 0. The average Bonchev–Trinajstić information content (AvgIpc) is 3.03. The van der Waals surface area contributed by atoms with Crippen LogP contribution in [0.5, 0.6) is 0 Å². The lowest BCUT2D eigenvalue weighted by Crippen LogP contribution is -2.18. The molecule has 0 radical (unpaired) electrons. The van der Waals surface area contributed by atoms with Crippen molar-refractivity contribution in [1.29, 1.82) is 0 Å².